The van der Waals surface area contributed by atoms with Crippen LogP contribution in [0.1, 0.15) is 32.1 Å². The average Bonchev–Trinajstić information content (AvgIpc) is 3.00. The van der Waals surface area contributed by atoms with Gasteiger partial charge in [-0.3, -0.25) is 0 Å². The molecule has 0 aliphatic carbocycles. The minimum Gasteiger partial charge on any atom is -0.492 e. The van der Waals surface area contributed by atoms with Crippen molar-refractivity contribution in [3.05, 3.63) is 51.2 Å². The zero-order valence-corrected chi connectivity index (χ0v) is 17.4. The highest BCUT2D eigenvalue weighted by atomic mass is 32.2. The van der Waals surface area contributed by atoms with Gasteiger partial charge in [0.2, 0.25) is 10.0 Å². The van der Waals surface area contributed by atoms with Gasteiger partial charge in [0.1, 0.15) is 17.2 Å². The van der Waals surface area contributed by atoms with E-state index in [1.807, 2.05) is 26.0 Å². The van der Waals surface area contributed by atoms with Crippen LogP contribution < -0.4 is 4.74 Å². The molecular weight excluding hydrogens is 386 g/mol. The van der Waals surface area contributed by atoms with Gasteiger partial charge in [0.25, 0.3) is 0 Å². The summed E-state index contributed by atoms with van der Waals surface area (Å²) in [6.07, 6.45) is 2.45. The molecule has 0 radical (unpaired) electrons. The van der Waals surface area contributed by atoms with Crippen molar-refractivity contribution in [1.29, 1.82) is 0 Å². The molecule has 1 heterocycles. The lowest BCUT2D eigenvalue weighted by molar-refractivity contribution is 0.0702. The number of nitrogens with zero attached hydrogens (tertiary/aromatic N) is 1. The van der Waals surface area contributed by atoms with E-state index in [0.717, 1.165) is 21.8 Å². The van der Waals surface area contributed by atoms with Gasteiger partial charge in [-0.2, -0.15) is 4.31 Å². The van der Waals surface area contributed by atoms with Crippen molar-refractivity contribution in [3.8, 4) is 5.75 Å². The monoisotopic (exact) mass is 411 g/mol. The second-order valence-corrected chi connectivity index (χ2v) is 9.66. The lowest BCUT2D eigenvalue weighted by atomic mass is 10.1. The number of aryl methyl sites for hydroxylation is 3. The number of benzene rings is 1. The van der Waals surface area contributed by atoms with Crippen molar-refractivity contribution in [2.24, 2.45) is 0 Å². The molecule has 1 N–H and O–H groups in total. The third kappa shape index (κ3) is 6.97. The lowest BCUT2D eigenvalue weighted by Gasteiger charge is -2.20. The smallest absolute Gasteiger partial charge is 0.345 e. The van der Waals surface area contributed by atoms with Crippen molar-refractivity contribution in [1.82, 2.24) is 4.31 Å². The number of rotatable bonds is 10. The SMILES string of the molecule is Cc1cc(C)cc(OCCN(CCCc2ccc(C(=O)O)s2)S(C)(=O)=O)c1. The summed E-state index contributed by atoms with van der Waals surface area (Å²) >= 11 is 1.23. The number of aromatic carboxylic acids is 1. The molecule has 0 unspecified atom stereocenters. The van der Waals surface area contributed by atoms with E-state index in [0.29, 0.717) is 24.3 Å². The van der Waals surface area contributed by atoms with Crippen molar-refractivity contribution < 1.29 is 23.1 Å². The van der Waals surface area contributed by atoms with Gasteiger partial charge in [0, 0.05) is 18.0 Å². The zero-order chi connectivity index (χ0) is 20.0. The van der Waals surface area contributed by atoms with Crippen LogP contribution in [0.15, 0.2) is 30.3 Å². The van der Waals surface area contributed by atoms with Gasteiger partial charge in [-0.25, -0.2) is 13.2 Å². The van der Waals surface area contributed by atoms with Crippen molar-refractivity contribution >= 4 is 27.3 Å². The Kier molecular flexibility index (Phi) is 7.41. The minimum absolute atomic E-state index is 0.274. The first-order valence-electron chi connectivity index (χ1n) is 8.63. The molecular formula is C19H25NO5S2. The number of carbonyl (C=O) groups is 1. The molecule has 0 aliphatic rings. The van der Waals surface area contributed by atoms with Crippen LogP contribution >= 0.6 is 11.3 Å². The highest BCUT2D eigenvalue weighted by Crippen LogP contribution is 2.19. The summed E-state index contributed by atoms with van der Waals surface area (Å²) in [5.41, 5.74) is 2.20. The molecule has 2 rings (SSSR count). The average molecular weight is 412 g/mol. The van der Waals surface area contributed by atoms with E-state index in [1.165, 1.54) is 21.9 Å². The Hall–Kier alpha value is -1.90. The lowest BCUT2D eigenvalue weighted by Crippen LogP contribution is -2.34. The largest absolute Gasteiger partial charge is 0.492 e. The van der Waals surface area contributed by atoms with Gasteiger partial charge < -0.3 is 9.84 Å². The van der Waals surface area contributed by atoms with Crippen molar-refractivity contribution in [3.63, 3.8) is 0 Å². The second kappa shape index (κ2) is 9.34. The predicted octanol–water partition coefficient (Wildman–Crippen LogP) is 3.34. The van der Waals surface area contributed by atoms with Crippen molar-refractivity contribution in [2.75, 3.05) is 26.0 Å². The molecule has 0 fully saturated rings. The van der Waals surface area contributed by atoms with Gasteiger partial charge in [0.15, 0.2) is 0 Å². The predicted molar refractivity (Wildman–Crippen MR) is 107 cm³/mol. The molecule has 148 valence electrons. The summed E-state index contributed by atoms with van der Waals surface area (Å²) in [6.45, 7) is 4.90. The number of ether oxygens (including phenoxy) is 1. The summed E-state index contributed by atoms with van der Waals surface area (Å²) < 4.78 is 31.1. The van der Waals surface area contributed by atoms with E-state index >= 15 is 0 Å². The highest BCUT2D eigenvalue weighted by Gasteiger charge is 2.16. The molecule has 0 atom stereocenters. The number of carboxylic acid groups (broad SMARTS) is 1. The van der Waals surface area contributed by atoms with Crippen LogP contribution in [-0.2, 0) is 16.4 Å². The van der Waals surface area contributed by atoms with Crippen LogP contribution in [0.5, 0.6) is 5.75 Å². The first-order chi connectivity index (χ1) is 12.6. The molecule has 0 saturated carbocycles. The molecule has 0 saturated heterocycles. The molecule has 6 nitrogen and oxygen atoms in total. The Morgan fingerprint density at radius 1 is 1.15 bits per heavy atom. The molecule has 1 aromatic heterocycles. The number of hydrogen-bond acceptors (Lipinski definition) is 5. The normalized spacial score (nSPS) is 11.7. The summed E-state index contributed by atoms with van der Waals surface area (Å²) in [5.74, 6) is -0.201. The molecule has 2 aromatic rings. The number of thiophene rings is 1. The maximum atomic E-state index is 12.0. The van der Waals surface area contributed by atoms with E-state index in [-0.39, 0.29) is 13.2 Å². The van der Waals surface area contributed by atoms with E-state index in [4.69, 9.17) is 9.84 Å². The Balaban J connectivity index is 1.86. The second-order valence-electron chi connectivity index (χ2n) is 6.51. The quantitative estimate of drug-likeness (QED) is 0.648. The fraction of sp³-hybridized carbons (Fsp3) is 0.421. The minimum atomic E-state index is -3.34. The molecule has 0 bridgehead atoms. The molecule has 0 spiro atoms. The van der Waals surface area contributed by atoms with Crippen LogP contribution in [0.3, 0.4) is 0 Å². The van der Waals surface area contributed by atoms with Crippen LogP contribution in [0.4, 0.5) is 0 Å². The Morgan fingerprint density at radius 3 is 2.37 bits per heavy atom. The van der Waals surface area contributed by atoms with E-state index in [2.05, 4.69) is 6.07 Å². The van der Waals surface area contributed by atoms with Crippen LogP contribution in [0, 0.1) is 13.8 Å². The maximum absolute atomic E-state index is 12.0. The van der Waals surface area contributed by atoms with Gasteiger partial charge in [0.05, 0.1) is 6.26 Å². The van der Waals surface area contributed by atoms with Crippen LogP contribution in [-0.4, -0.2) is 49.8 Å². The fourth-order valence-electron chi connectivity index (χ4n) is 2.78. The Morgan fingerprint density at radius 2 is 1.81 bits per heavy atom. The van der Waals surface area contributed by atoms with Gasteiger partial charge in [-0.1, -0.05) is 6.07 Å². The molecule has 8 heteroatoms. The Bertz CT molecular complexity index is 869. The third-order valence-corrected chi connectivity index (χ3v) is 6.41. The van der Waals surface area contributed by atoms with Gasteiger partial charge >= 0.3 is 5.97 Å². The summed E-state index contributed by atoms with van der Waals surface area (Å²) in [5, 5.41) is 8.95. The summed E-state index contributed by atoms with van der Waals surface area (Å²) in [4.78, 5) is 12.1. The van der Waals surface area contributed by atoms with Crippen molar-refractivity contribution in [2.45, 2.75) is 26.7 Å². The van der Waals surface area contributed by atoms with E-state index in [1.54, 1.807) is 12.1 Å². The van der Waals surface area contributed by atoms with Crippen LogP contribution in [0.2, 0.25) is 0 Å². The fourth-order valence-corrected chi connectivity index (χ4v) is 4.54. The van der Waals surface area contributed by atoms with Crippen LogP contribution in [0.25, 0.3) is 0 Å². The number of carboxylic acids is 1. The van der Waals surface area contributed by atoms with E-state index < -0.39 is 16.0 Å². The maximum Gasteiger partial charge on any atom is 0.345 e. The van der Waals surface area contributed by atoms with E-state index in [9.17, 15) is 13.2 Å². The van der Waals surface area contributed by atoms with Gasteiger partial charge in [-0.05, 0) is 62.1 Å². The number of hydrogen-bond donors (Lipinski definition) is 1. The first-order valence-corrected chi connectivity index (χ1v) is 11.3. The topological polar surface area (TPSA) is 83.9 Å². The highest BCUT2D eigenvalue weighted by molar-refractivity contribution is 7.88. The summed E-state index contributed by atoms with van der Waals surface area (Å²) in [6, 6.07) is 9.26. The van der Waals surface area contributed by atoms with Gasteiger partial charge in [-0.15, -0.1) is 11.3 Å². The molecule has 1 aromatic carbocycles. The molecule has 0 amide bonds. The third-order valence-electron chi connectivity index (χ3n) is 3.98. The summed E-state index contributed by atoms with van der Waals surface area (Å²) in [7, 11) is -3.34. The first kappa shape index (κ1) is 21.4. The number of sulfonamides is 1. The Labute approximate surface area is 164 Å². The molecule has 0 aliphatic heterocycles. The standard InChI is InChI=1S/C19H25NO5S2/c1-14-11-15(2)13-16(12-14)25-10-9-20(27(3,23)24)8-4-5-17-6-7-18(26-17)19(21)22/h6-7,11-13H,4-5,8-10H2,1-3H3,(H,21,22). The molecule has 27 heavy (non-hydrogen) atoms. The zero-order valence-electron chi connectivity index (χ0n) is 15.8.